The summed E-state index contributed by atoms with van der Waals surface area (Å²) in [5.41, 5.74) is 1.36. The molecule has 1 N–H and O–H groups in total. The molecule has 0 atom stereocenters. The molecule has 6 nitrogen and oxygen atoms in total. The van der Waals surface area contributed by atoms with Crippen LogP contribution in [0.2, 0.25) is 0 Å². The number of nitrogens with one attached hydrogen (secondary N) is 1. The minimum atomic E-state index is -3.52. The van der Waals surface area contributed by atoms with Crippen molar-refractivity contribution >= 4 is 27.2 Å². The van der Waals surface area contributed by atoms with Crippen molar-refractivity contribution in [1.82, 2.24) is 9.53 Å². The first-order chi connectivity index (χ1) is 9.17. The van der Waals surface area contributed by atoms with Gasteiger partial charge in [0.25, 0.3) is 0 Å². The van der Waals surface area contributed by atoms with E-state index in [1.54, 1.807) is 18.4 Å². The molecule has 0 aromatic carbocycles. The molecule has 0 aliphatic carbocycles. The van der Waals surface area contributed by atoms with E-state index in [-0.39, 0.29) is 11.2 Å². The van der Waals surface area contributed by atoms with Gasteiger partial charge in [-0.15, -0.1) is 0 Å². The number of hydrogen-bond acceptors (Lipinski definition) is 6. The van der Waals surface area contributed by atoms with E-state index in [2.05, 4.69) is 14.3 Å². The van der Waals surface area contributed by atoms with Crippen LogP contribution in [0.4, 0.5) is 5.69 Å². The van der Waals surface area contributed by atoms with Crippen molar-refractivity contribution in [2.24, 2.45) is 0 Å². The highest BCUT2D eigenvalue weighted by molar-refractivity contribution is 7.91. The lowest BCUT2D eigenvalue weighted by Gasteiger charge is -2.12. The molecule has 0 saturated heterocycles. The lowest BCUT2D eigenvalue weighted by Crippen LogP contribution is -2.15. The van der Waals surface area contributed by atoms with Gasteiger partial charge in [0.2, 0.25) is 10.0 Å². The molecule has 0 bridgehead atoms. The molecule has 0 aliphatic heterocycles. The van der Waals surface area contributed by atoms with E-state index >= 15 is 0 Å². The topological polar surface area (TPSA) is 85.1 Å². The number of rotatable bonds is 4. The molecule has 0 radical (unpaired) electrons. The van der Waals surface area contributed by atoms with Crippen molar-refractivity contribution in [1.29, 1.82) is 0 Å². The number of anilines is 1. The first-order valence-electron chi connectivity index (χ1n) is 6.05. The summed E-state index contributed by atoms with van der Waals surface area (Å²) in [6.07, 6.45) is 0. The Morgan fingerprint density at radius 1 is 1.40 bits per heavy atom. The number of aryl methyl sites for hydroxylation is 1. The molecule has 0 unspecified atom stereocenters. The maximum Gasteiger partial charge on any atom is 0.238 e. The summed E-state index contributed by atoms with van der Waals surface area (Å²) in [5.74, 6) is 0.443. The fourth-order valence-electron chi connectivity index (χ4n) is 1.52. The summed E-state index contributed by atoms with van der Waals surface area (Å²) in [5, 5.41) is 5.48. The van der Waals surface area contributed by atoms with E-state index in [0.29, 0.717) is 22.8 Å². The highest BCUT2D eigenvalue weighted by atomic mass is 32.2. The third-order valence-electron chi connectivity index (χ3n) is 2.65. The monoisotopic (exact) mass is 315 g/mol. The molecular weight excluding hydrogens is 298 g/mol. The normalized spacial score (nSPS) is 12.6. The number of aromatic nitrogens is 2. The lowest BCUT2D eigenvalue weighted by molar-refractivity contribution is 0.327. The minimum Gasteiger partial charge on any atom is -0.361 e. The van der Waals surface area contributed by atoms with Gasteiger partial charge in [-0.2, -0.15) is 4.37 Å². The Hall–Kier alpha value is -1.41. The van der Waals surface area contributed by atoms with Crippen LogP contribution in [0.3, 0.4) is 0 Å². The molecule has 20 heavy (non-hydrogen) atoms. The van der Waals surface area contributed by atoms with Crippen LogP contribution in [0.25, 0.3) is 0 Å². The van der Waals surface area contributed by atoms with Crippen LogP contribution in [0.5, 0.6) is 0 Å². The second-order valence-electron chi connectivity index (χ2n) is 5.61. The molecule has 0 fully saturated rings. The largest absolute Gasteiger partial charge is 0.361 e. The van der Waals surface area contributed by atoms with E-state index in [0.717, 1.165) is 0 Å². The van der Waals surface area contributed by atoms with Crippen LogP contribution in [0.1, 0.15) is 37.9 Å². The van der Waals surface area contributed by atoms with Gasteiger partial charge in [-0.3, -0.25) is 4.72 Å². The van der Waals surface area contributed by atoms with Crippen molar-refractivity contribution < 1.29 is 12.9 Å². The van der Waals surface area contributed by atoms with Gasteiger partial charge in [-0.25, -0.2) is 8.42 Å². The zero-order valence-electron chi connectivity index (χ0n) is 11.8. The fourth-order valence-corrected chi connectivity index (χ4v) is 3.38. The summed E-state index contributed by atoms with van der Waals surface area (Å²) in [6, 6.07) is 1.68. The zero-order chi connectivity index (χ0) is 15.0. The van der Waals surface area contributed by atoms with Crippen LogP contribution in [0, 0.1) is 6.92 Å². The Morgan fingerprint density at radius 2 is 2.10 bits per heavy atom. The molecule has 2 aromatic heterocycles. The van der Waals surface area contributed by atoms with Gasteiger partial charge >= 0.3 is 0 Å². The van der Waals surface area contributed by atoms with Crippen LogP contribution in [-0.2, 0) is 21.2 Å². The summed E-state index contributed by atoms with van der Waals surface area (Å²) in [7, 11) is -3.52. The van der Waals surface area contributed by atoms with E-state index in [4.69, 9.17) is 4.52 Å². The van der Waals surface area contributed by atoms with Crippen LogP contribution in [0.15, 0.2) is 16.0 Å². The summed E-state index contributed by atoms with van der Waals surface area (Å²) in [4.78, 5) is 0. The first kappa shape index (κ1) is 15.0. The van der Waals surface area contributed by atoms with Gasteiger partial charge < -0.3 is 4.52 Å². The van der Waals surface area contributed by atoms with E-state index in [1.165, 1.54) is 11.5 Å². The Kier molecular flexibility index (Phi) is 3.88. The Balaban J connectivity index is 2.13. The molecule has 2 rings (SSSR count). The highest BCUT2D eigenvalue weighted by Gasteiger charge is 2.22. The lowest BCUT2D eigenvalue weighted by atomic mass is 9.93. The molecule has 2 aromatic rings. The molecule has 0 aliphatic rings. The maximum atomic E-state index is 12.1. The minimum absolute atomic E-state index is 0.198. The van der Waals surface area contributed by atoms with Crippen molar-refractivity contribution in [3.05, 3.63) is 28.6 Å². The van der Waals surface area contributed by atoms with Gasteiger partial charge in [0.1, 0.15) is 17.2 Å². The van der Waals surface area contributed by atoms with Crippen molar-refractivity contribution in [3.63, 3.8) is 0 Å². The number of sulfonamides is 1. The SMILES string of the molecule is Cc1nscc1NS(=O)(=O)Cc1cc(C(C)(C)C)on1. The van der Waals surface area contributed by atoms with Crippen molar-refractivity contribution in [3.8, 4) is 0 Å². The quantitative estimate of drug-likeness (QED) is 0.937. The Labute approximate surface area is 122 Å². The number of hydrogen-bond donors (Lipinski definition) is 1. The third kappa shape index (κ3) is 3.57. The average molecular weight is 315 g/mol. The van der Waals surface area contributed by atoms with E-state index in [9.17, 15) is 8.42 Å². The maximum absolute atomic E-state index is 12.1. The van der Waals surface area contributed by atoms with E-state index in [1.807, 2.05) is 20.8 Å². The zero-order valence-corrected chi connectivity index (χ0v) is 13.4. The van der Waals surface area contributed by atoms with Gasteiger partial charge in [-0.05, 0) is 18.5 Å². The van der Waals surface area contributed by atoms with Gasteiger partial charge in [0, 0.05) is 16.9 Å². The first-order valence-corrected chi connectivity index (χ1v) is 8.54. The molecule has 110 valence electrons. The molecule has 2 heterocycles. The third-order valence-corrected chi connectivity index (χ3v) is 4.58. The Morgan fingerprint density at radius 3 is 2.60 bits per heavy atom. The smallest absolute Gasteiger partial charge is 0.238 e. The molecule has 0 amide bonds. The molecule has 8 heteroatoms. The van der Waals surface area contributed by atoms with Crippen LogP contribution in [-0.4, -0.2) is 17.9 Å². The fraction of sp³-hybridized carbons (Fsp3) is 0.500. The van der Waals surface area contributed by atoms with Gasteiger partial charge in [0.15, 0.2) is 0 Å². The van der Waals surface area contributed by atoms with Crippen molar-refractivity contribution in [2.75, 3.05) is 4.72 Å². The molecule has 0 saturated carbocycles. The predicted octanol–water partition coefficient (Wildman–Crippen LogP) is 2.68. The molecular formula is C12H17N3O3S2. The predicted molar refractivity (Wildman–Crippen MR) is 78.3 cm³/mol. The summed E-state index contributed by atoms with van der Waals surface area (Å²) in [6.45, 7) is 7.68. The van der Waals surface area contributed by atoms with Gasteiger partial charge in [-0.1, -0.05) is 25.9 Å². The second-order valence-corrected chi connectivity index (χ2v) is 7.96. The summed E-state index contributed by atoms with van der Waals surface area (Å²) >= 11 is 1.21. The van der Waals surface area contributed by atoms with E-state index < -0.39 is 10.0 Å². The Bertz CT molecular complexity index is 696. The average Bonchev–Trinajstić information content (AvgIpc) is 2.87. The van der Waals surface area contributed by atoms with Gasteiger partial charge in [0.05, 0.1) is 11.4 Å². The summed E-state index contributed by atoms with van der Waals surface area (Å²) < 4.78 is 35.8. The van der Waals surface area contributed by atoms with Crippen LogP contribution < -0.4 is 4.72 Å². The number of nitrogens with zero attached hydrogens (tertiary/aromatic N) is 2. The highest BCUT2D eigenvalue weighted by Crippen LogP contribution is 2.24. The second kappa shape index (κ2) is 5.17. The molecule has 0 spiro atoms. The van der Waals surface area contributed by atoms with Crippen LogP contribution >= 0.6 is 11.5 Å². The standard InChI is InChI=1S/C12H17N3O3S2/c1-8-10(6-19-14-8)15-20(16,17)7-9-5-11(18-13-9)12(2,3)4/h5-6,15H,7H2,1-4H3. The van der Waals surface area contributed by atoms with Crippen molar-refractivity contribution in [2.45, 2.75) is 38.9 Å².